The highest BCUT2D eigenvalue weighted by Crippen LogP contribution is 2.43. The summed E-state index contributed by atoms with van der Waals surface area (Å²) < 4.78 is 19.3. The molecule has 3 aromatic rings. The SMILES string of the molecule is COc1ccc(C(=O)c2c(C)n3c4c(cc(OC)cc24)OCC3CC2CNCCCN2)cc1. The lowest BCUT2D eigenvalue weighted by molar-refractivity contribution is 0.103. The Labute approximate surface area is 194 Å². The van der Waals surface area contributed by atoms with Gasteiger partial charge in [-0.25, -0.2) is 0 Å². The number of hydrogen-bond acceptors (Lipinski definition) is 6. The van der Waals surface area contributed by atoms with Crippen molar-refractivity contribution in [2.24, 2.45) is 0 Å². The Morgan fingerprint density at radius 1 is 1.12 bits per heavy atom. The lowest BCUT2D eigenvalue weighted by Crippen LogP contribution is -2.39. The zero-order valence-electron chi connectivity index (χ0n) is 19.4. The second-order valence-corrected chi connectivity index (χ2v) is 8.82. The molecule has 0 spiro atoms. The van der Waals surface area contributed by atoms with E-state index in [0.717, 1.165) is 60.6 Å². The third-order valence-electron chi connectivity index (χ3n) is 6.80. The van der Waals surface area contributed by atoms with Crippen LogP contribution in [-0.4, -0.2) is 56.9 Å². The van der Waals surface area contributed by atoms with Crippen LogP contribution < -0.4 is 24.8 Å². The fourth-order valence-electron chi connectivity index (χ4n) is 5.16. The maximum absolute atomic E-state index is 13.7. The van der Waals surface area contributed by atoms with Crippen LogP contribution in [0.1, 0.15) is 40.5 Å². The number of carbonyl (C=O) groups is 1. The molecule has 5 rings (SSSR count). The second-order valence-electron chi connectivity index (χ2n) is 8.82. The van der Waals surface area contributed by atoms with Gasteiger partial charge in [0.15, 0.2) is 5.78 Å². The molecule has 174 valence electrons. The summed E-state index contributed by atoms with van der Waals surface area (Å²) >= 11 is 0. The van der Waals surface area contributed by atoms with Gasteiger partial charge in [-0.05, 0) is 63.2 Å². The van der Waals surface area contributed by atoms with E-state index in [-0.39, 0.29) is 11.8 Å². The number of rotatable bonds is 6. The minimum atomic E-state index is -0.00647. The van der Waals surface area contributed by atoms with Crippen molar-refractivity contribution in [1.29, 1.82) is 0 Å². The Morgan fingerprint density at radius 3 is 2.67 bits per heavy atom. The summed E-state index contributed by atoms with van der Waals surface area (Å²) in [7, 11) is 3.26. The van der Waals surface area contributed by atoms with Crippen LogP contribution in [0.5, 0.6) is 17.2 Å². The van der Waals surface area contributed by atoms with Crippen LogP contribution in [0.2, 0.25) is 0 Å². The number of hydrogen-bond donors (Lipinski definition) is 2. The van der Waals surface area contributed by atoms with Crippen LogP contribution in [0.3, 0.4) is 0 Å². The van der Waals surface area contributed by atoms with Crippen LogP contribution in [-0.2, 0) is 0 Å². The van der Waals surface area contributed by atoms with E-state index in [1.54, 1.807) is 14.2 Å². The van der Waals surface area contributed by atoms with Crippen molar-refractivity contribution in [3.8, 4) is 17.2 Å². The van der Waals surface area contributed by atoms with E-state index in [1.165, 1.54) is 0 Å². The van der Waals surface area contributed by atoms with Gasteiger partial charge in [0.1, 0.15) is 23.9 Å². The summed E-state index contributed by atoms with van der Waals surface area (Å²) in [6.07, 6.45) is 2.06. The van der Waals surface area contributed by atoms with Crippen molar-refractivity contribution in [2.45, 2.75) is 31.8 Å². The zero-order chi connectivity index (χ0) is 22.9. The molecule has 7 nitrogen and oxygen atoms in total. The molecule has 0 amide bonds. The molecule has 2 aliphatic heterocycles. The molecule has 3 heterocycles. The highest BCUT2D eigenvalue weighted by molar-refractivity contribution is 6.18. The molecular formula is C26H31N3O4. The normalized spacial score (nSPS) is 20.2. The number of nitrogens with one attached hydrogen (secondary N) is 2. The Morgan fingerprint density at radius 2 is 1.91 bits per heavy atom. The minimum Gasteiger partial charge on any atom is -0.497 e. The summed E-state index contributed by atoms with van der Waals surface area (Å²) in [5, 5.41) is 8.05. The maximum atomic E-state index is 13.7. The second kappa shape index (κ2) is 9.08. The zero-order valence-corrected chi connectivity index (χ0v) is 19.4. The van der Waals surface area contributed by atoms with Crippen molar-refractivity contribution >= 4 is 16.7 Å². The summed E-state index contributed by atoms with van der Waals surface area (Å²) in [4.78, 5) is 13.7. The Bertz CT molecular complexity index is 1160. The van der Waals surface area contributed by atoms with Crippen molar-refractivity contribution in [1.82, 2.24) is 15.2 Å². The Hall–Kier alpha value is -3.03. The molecule has 0 bridgehead atoms. The third-order valence-corrected chi connectivity index (χ3v) is 6.80. The predicted octanol–water partition coefficient (Wildman–Crippen LogP) is 3.47. The number of ether oxygens (including phenoxy) is 3. The van der Waals surface area contributed by atoms with Gasteiger partial charge in [0.25, 0.3) is 0 Å². The van der Waals surface area contributed by atoms with Crippen molar-refractivity contribution in [3.05, 3.63) is 53.2 Å². The van der Waals surface area contributed by atoms with Gasteiger partial charge in [-0.1, -0.05) is 0 Å². The topological polar surface area (TPSA) is 73.8 Å². The molecule has 2 N–H and O–H groups in total. The molecule has 2 unspecified atom stereocenters. The largest absolute Gasteiger partial charge is 0.497 e. The van der Waals surface area contributed by atoms with E-state index in [4.69, 9.17) is 14.2 Å². The fraction of sp³-hybridized carbons (Fsp3) is 0.423. The van der Waals surface area contributed by atoms with E-state index in [9.17, 15) is 4.79 Å². The van der Waals surface area contributed by atoms with Crippen molar-refractivity contribution in [2.75, 3.05) is 40.5 Å². The van der Waals surface area contributed by atoms with Crippen LogP contribution in [0, 0.1) is 6.92 Å². The summed E-state index contributed by atoms with van der Waals surface area (Å²) in [5.74, 6) is 2.18. The third kappa shape index (κ3) is 3.96. The number of carbonyl (C=O) groups excluding carboxylic acids is 1. The number of aromatic nitrogens is 1. The van der Waals surface area contributed by atoms with Gasteiger partial charge in [-0.15, -0.1) is 0 Å². The van der Waals surface area contributed by atoms with Gasteiger partial charge in [0, 0.05) is 35.3 Å². The Balaban J connectivity index is 1.60. The van der Waals surface area contributed by atoms with Crippen LogP contribution in [0.4, 0.5) is 0 Å². The van der Waals surface area contributed by atoms with Crippen LogP contribution in [0.25, 0.3) is 10.9 Å². The maximum Gasteiger partial charge on any atom is 0.195 e. The minimum absolute atomic E-state index is 0.00647. The van der Waals surface area contributed by atoms with Crippen LogP contribution >= 0.6 is 0 Å². The number of methoxy groups -OCH3 is 2. The van der Waals surface area contributed by atoms with E-state index in [0.29, 0.717) is 29.5 Å². The standard InChI is InChI=1S/C26H31N3O4/c1-16-24(26(30)17-5-7-20(31-2)8-6-17)22-12-21(32-3)13-23-25(22)29(16)19(15-33-23)11-18-14-27-9-4-10-28-18/h5-8,12-13,18-19,27-28H,4,9-11,14-15H2,1-3H3. The molecule has 2 aliphatic rings. The predicted molar refractivity (Wildman–Crippen MR) is 128 cm³/mol. The van der Waals surface area contributed by atoms with Gasteiger partial charge < -0.3 is 29.4 Å². The lowest BCUT2D eigenvalue weighted by Gasteiger charge is -2.30. The van der Waals surface area contributed by atoms with E-state index < -0.39 is 0 Å². The fourth-order valence-corrected chi connectivity index (χ4v) is 5.16. The van der Waals surface area contributed by atoms with E-state index in [2.05, 4.69) is 15.2 Å². The first-order valence-electron chi connectivity index (χ1n) is 11.6. The smallest absolute Gasteiger partial charge is 0.195 e. The molecule has 2 atom stereocenters. The van der Waals surface area contributed by atoms with Gasteiger partial charge in [0.2, 0.25) is 0 Å². The van der Waals surface area contributed by atoms with Gasteiger partial charge in [0.05, 0.1) is 31.3 Å². The molecule has 0 saturated carbocycles. The highest BCUT2D eigenvalue weighted by atomic mass is 16.5. The summed E-state index contributed by atoms with van der Waals surface area (Å²) in [6, 6.07) is 11.7. The quantitative estimate of drug-likeness (QED) is 0.562. The molecule has 1 saturated heterocycles. The molecule has 33 heavy (non-hydrogen) atoms. The first-order valence-corrected chi connectivity index (χ1v) is 11.6. The average Bonchev–Trinajstić information content (AvgIpc) is 2.98. The number of benzene rings is 2. The van der Waals surface area contributed by atoms with Gasteiger partial charge >= 0.3 is 0 Å². The first kappa shape index (κ1) is 21.8. The monoisotopic (exact) mass is 449 g/mol. The summed E-state index contributed by atoms with van der Waals surface area (Å²) in [5.41, 5.74) is 3.28. The van der Waals surface area contributed by atoms with Crippen molar-refractivity contribution < 1.29 is 19.0 Å². The molecule has 1 aromatic heterocycles. The first-order chi connectivity index (χ1) is 16.1. The van der Waals surface area contributed by atoms with E-state index >= 15 is 0 Å². The number of nitrogens with zero attached hydrogens (tertiary/aromatic N) is 1. The average molecular weight is 450 g/mol. The van der Waals surface area contributed by atoms with E-state index in [1.807, 2.05) is 43.3 Å². The molecule has 2 aromatic carbocycles. The number of ketones is 1. The molecule has 0 aliphatic carbocycles. The van der Waals surface area contributed by atoms with Gasteiger partial charge in [-0.2, -0.15) is 0 Å². The molecule has 7 heteroatoms. The lowest BCUT2D eigenvalue weighted by atomic mass is 10.00. The van der Waals surface area contributed by atoms with Gasteiger partial charge in [-0.3, -0.25) is 4.79 Å². The molecule has 0 radical (unpaired) electrons. The highest BCUT2D eigenvalue weighted by Gasteiger charge is 2.32. The molecular weight excluding hydrogens is 418 g/mol. The van der Waals surface area contributed by atoms with Crippen molar-refractivity contribution in [3.63, 3.8) is 0 Å². The Kier molecular flexibility index (Phi) is 6.00. The van der Waals surface area contributed by atoms with Crippen LogP contribution in [0.15, 0.2) is 36.4 Å². The molecule has 1 fully saturated rings. The summed E-state index contributed by atoms with van der Waals surface area (Å²) in [6.45, 7) is 5.61.